The zero-order chi connectivity index (χ0) is 27.4. The SMILES string of the molecule is Cc1cc(C(C)(C)C)cc(C(C)(C)C)c1P=Pc1c(C(C)(C)C)cc(C(C)(C)C)cc1C(C)(C)C. The Balaban J connectivity index is 2.92. The Kier molecular flexibility index (Phi) is 8.41. The lowest BCUT2D eigenvalue weighted by molar-refractivity contribution is 0.554. The van der Waals surface area contributed by atoms with Crippen molar-refractivity contribution < 1.29 is 0 Å². The van der Waals surface area contributed by atoms with Crippen LogP contribution in [0.2, 0.25) is 0 Å². The normalized spacial score (nSPS) is 14.2. The van der Waals surface area contributed by atoms with Crippen molar-refractivity contribution in [1.29, 1.82) is 0 Å². The molecule has 2 heteroatoms. The van der Waals surface area contributed by atoms with Crippen LogP contribution in [0.4, 0.5) is 0 Å². The van der Waals surface area contributed by atoms with Crippen molar-refractivity contribution in [3.05, 3.63) is 57.6 Å². The molecule has 2 aromatic rings. The second kappa shape index (κ2) is 9.73. The van der Waals surface area contributed by atoms with E-state index in [0.717, 1.165) is 0 Å². The minimum absolute atomic E-state index is 0.0944. The van der Waals surface area contributed by atoms with Crippen LogP contribution >= 0.6 is 15.7 Å². The maximum atomic E-state index is 2.51. The highest BCUT2D eigenvalue weighted by Gasteiger charge is 2.29. The Bertz CT molecular complexity index is 1060. The van der Waals surface area contributed by atoms with E-state index >= 15 is 0 Å². The lowest BCUT2D eigenvalue weighted by atomic mass is 9.75. The van der Waals surface area contributed by atoms with Gasteiger partial charge in [-0.05, 0) is 83.1 Å². The van der Waals surface area contributed by atoms with Gasteiger partial charge in [-0.1, -0.05) is 128 Å². The molecule has 2 aromatic carbocycles. The highest BCUT2D eigenvalue weighted by atomic mass is 31.7. The molecule has 0 amide bonds. The largest absolute Gasteiger partial charge is 0.0561 e. The van der Waals surface area contributed by atoms with E-state index in [4.69, 9.17) is 0 Å². The van der Waals surface area contributed by atoms with Crippen LogP contribution in [0, 0.1) is 6.92 Å². The summed E-state index contributed by atoms with van der Waals surface area (Å²) < 4.78 is 0. The second-order valence-corrected chi connectivity index (χ2v) is 18.1. The first-order valence-electron chi connectivity index (χ1n) is 13.2. The van der Waals surface area contributed by atoms with Gasteiger partial charge >= 0.3 is 0 Å². The van der Waals surface area contributed by atoms with Crippen molar-refractivity contribution in [2.75, 3.05) is 0 Å². The molecule has 0 spiro atoms. The summed E-state index contributed by atoms with van der Waals surface area (Å²) in [4.78, 5) is 0. The fourth-order valence-electron chi connectivity index (χ4n) is 4.34. The Morgan fingerprint density at radius 1 is 0.400 bits per heavy atom. The summed E-state index contributed by atoms with van der Waals surface area (Å²) in [5.74, 6) is 0. The van der Waals surface area contributed by atoms with Crippen LogP contribution in [0.5, 0.6) is 0 Å². The topological polar surface area (TPSA) is 0 Å². The maximum absolute atomic E-state index is 2.51. The molecule has 0 radical (unpaired) electrons. The fourth-order valence-corrected chi connectivity index (χ4v) is 8.32. The molecule has 2 rings (SSSR count). The zero-order valence-electron chi connectivity index (χ0n) is 25.7. The van der Waals surface area contributed by atoms with E-state index < -0.39 is 0 Å². The number of rotatable bonds is 2. The smallest absolute Gasteiger partial charge is 0.0138 e. The average molecular weight is 511 g/mol. The fraction of sp³-hybridized carbons (Fsp3) is 0.636. The lowest BCUT2D eigenvalue weighted by Crippen LogP contribution is -2.29. The Morgan fingerprint density at radius 3 is 1.00 bits per heavy atom. The number of aryl methyl sites for hydroxylation is 1. The Labute approximate surface area is 221 Å². The van der Waals surface area contributed by atoms with E-state index in [0.29, 0.717) is 0 Å². The Morgan fingerprint density at radius 2 is 0.686 bits per heavy atom. The molecule has 0 nitrogen and oxygen atoms in total. The molecule has 35 heavy (non-hydrogen) atoms. The van der Waals surface area contributed by atoms with Gasteiger partial charge in [-0.2, -0.15) is 0 Å². The molecule has 0 heterocycles. The molecule has 0 aliphatic carbocycles. The van der Waals surface area contributed by atoms with Crippen molar-refractivity contribution in [2.45, 2.75) is 138 Å². The quantitative estimate of drug-likeness (QED) is 0.353. The van der Waals surface area contributed by atoms with Gasteiger partial charge in [0.1, 0.15) is 0 Å². The van der Waals surface area contributed by atoms with Crippen LogP contribution < -0.4 is 10.6 Å². The van der Waals surface area contributed by atoms with Crippen molar-refractivity contribution in [3.8, 4) is 0 Å². The number of hydrogen-bond acceptors (Lipinski definition) is 0. The van der Waals surface area contributed by atoms with E-state index in [1.54, 1.807) is 0 Å². The molecule has 0 saturated carbocycles. The molecule has 0 aliphatic rings. The standard InChI is InChI=1S/C33H52P2/c1-21-17-22(29(2,3)4)18-24(31(8,9)10)27(21)34-35-28-25(32(11,12)13)19-23(30(5,6)7)20-26(28)33(14,15)16/h17-20H,1-16H3. The summed E-state index contributed by atoms with van der Waals surface area (Å²) in [5.41, 5.74) is 9.41. The van der Waals surface area contributed by atoms with E-state index in [9.17, 15) is 0 Å². The summed E-state index contributed by atoms with van der Waals surface area (Å²) in [7, 11) is 2.76. The molecule has 0 atom stereocenters. The first kappa shape index (κ1) is 30.3. The van der Waals surface area contributed by atoms with Crippen LogP contribution in [-0.4, -0.2) is 0 Å². The number of benzene rings is 2. The lowest BCUT2D eigenvalue weighted by Gasteiger charge is -2.32. The van der Waals surface area contributed by atoms with Crippen molar-refractivity contribution in [3.63, 3.8) is 0 Å². The molecule has 0 saturated heterocycles. The molecule has 0 unspecified atom stereocenters. The molecule has 0 fully saturated rings. The van der Waals surface area contributed by atoms with Gasteiger partial charge in [0.25, 0.3) is 0 Å². The third-order valence-electron chi connectivity index (χ3n) is 6.82. The summed E-state index contributed by atoms with van der Waals surface area (Å²) in [6, 6.07) is 9.94. The molecule has 0 aliphatic heterocycles. The first-order valence-corrected chi connectivity index (χ1v) is 15.7. The predicted molar refractivity (Wildman–Crippen MR) is 164 cm³/mol. The Hall–Kier alpha value is -0.960. The highest BCUT2D eigenvalue weighted by Crippen LogP contribution is 2.38. The molecule has 194 valence electrons. The van der Waals surface area contributed by atoms with Gasteiger partial charge in [-0.25, -0.2) is 0 Å². The van der Waals surface area contributed by atoms with E-state index in [1.165, 1.54) is 59.7 Å². The van der Waals surface area contributed by atoms with Gasteiger partial charge in [0.2, 0.25) is 0 Å². The second-order valence-electron chi connectivity index (χ2n) is 15.6. The summed E-state index contributed by atoms with van der Waals surface area (Å²) in [6.45, 7) is 37.7. The summed E-state index contributed by atoms with van der Waals surface area (Å²) >= 11 is 0. The molecular formula is C33H52P2. The summed E-state index contributed by atoms with van der Waals surface area (Å²) in [5, 5.41) is 3.03. The van der Waals surface area contributed by atoms with Gasteiger partial charge in [0.15, 0.2) is 0 Å². The molecule has 0 bridgehead atoms. The monoisotopic (exact) mass is 510 g/mol. The van der Waals surface area contributed by atoms with Crippen LogP contribution in [0.1, 0.15) is 137 Å². The minimum Gasteiger partial charge on any atom is -0.0561 e. The van der Waals surface area contributed by atoms with Gasteiger partial charge in [0, 0.05) is 10.6 Å². The molecular weight excluding hydrogens is 458 g/mol. The average Bonchev–Trinajstić information content (AvgIpc) is 2.62. The van der Waals surface area contributed by atoms with E-state index in [2.05, 4.69) is 135 Å². The predicted octanol–water partition coefficient (Wildman–Crippen LogP) is 10.2. The van der Waals surface area contributed by atoms with Crippen molar-refractivity contribution in [2.24, 2.45) is 0 Å². The van der Waals surface area contributed by atoms with E-state index in [-0.39, 0.29) is 27.1 Å². The van der Waals surface area contributed by atoms with Crippen LogP contribution in [-0.2, 0) is 27.1 Å². The first-order chi connectivity index (χ1) is 15.4. The molecule has 0 aromatic heterocycles. The van der Waals surface area contributed by atoms with Gasteiger partial charge in [-0.3, -0.25) is 0 Å². The van der Waals surface area contributed by atoms with Gasteiger partial charge in [0.05, 0.1) is 0 Å². The minimum atomic E-state index is 0.0944. The van der Waals surface area contributed by atoms with Crippen LogP contribution in [0.25, 0.3) is 0 Å². The van der Waals surface area contributed by atoms with Crippen LogP contribution in [0.15, 0.2) is 24.3 Å². The molecule has 0 N–H and O–H groups in total. The maximum Gasteiger partial charge on any atom is 0.0138 e. The van der Waals surface area contributed by atoms with Crippen molar-refractivity contribution in [1.82, 2.24) is 0 Å². The van der Waals surface area contributed by atoms with Crippen molar-refractivity contribution >= 4 is 26.3 Å². The van der Waals surface area contributed by atoms with Gasteiger partial charge in [-0.15, -0.1) is 0 Å². The highest BCUT2D eigenvalue weighted by molar-refractivity contribution is 7.91. The summed E-state index contributed by atoms with van der Waals surface area (Å²) in [6.07, 6.45) is 0. The third kappa shape index (κ3) is 7.30. The zero-order valence-corrected chi connectivity index (χ0v) is 27.5. The van der Waals surface area contributed by atoms with Gasteiger partial charge < -0.3 is 0 Å². The number of hydrogen-bond donors (Lipinski definition) is 0. The third-order valence-corrected chi connectivity index (χ3v) is 9.89. The van der Waals surface area contributed by atoms with Crippen LogP contribution in [0.3, 0.4) is 0 Å². The van der Waals surface area contributed by atoms with E-state index in [1.807, 2.05) is 0 Å².